The van der Waals surface area contributed by atoms with Crippen LogP contribution < -0.4 is 11.0 Å². The first-order valence-electron chi connectivity index (χ1n) is 10.0. The number of hydrogen-bond donors (Lipinski definition) is 1. The number of nitrogens with zero attached hydrogens (tertiary/aromatic N) is 3. The van der Waals surface area contributed by atoms with Crippen LogP contribution in [-0.4, -0.2) is 21.4 Å². The molecule has 1 aliphatic carbocycles. The lowest BCUT2D eigenvalue weighted by Gasteiger charge is -2.26. The number of fused-ring (bicyclic) bond motifs is 1. The van der Waals surface area contributed by atoms with Gasteiger partial charge in [-0.25, -0.2) is 5.43 Å². The molecule has 6 heteroatoms. The molecule has 3 aromatic rings. The monoisotopic (exact) mass is 388 g/mol. The van der Waals surface area contributed by atoms with E-state index in [1.54, 1.807) is 36.4 Å². The molecular formula is C23H24N4O2. The minimum absolute atomic E-state index is 0.185. The molecule has 1 aliphatic rings. The first kappa shape index (κ1) is 19.1. The Hall–Kier alpha value is -3.28. The zero-order valence-corrected chi connectivity index (χ0v) is 16.6. The topological polar surface area (TPSA) is 76.3 Å². The fourth-order valence-corrected chi connectivity index (χ4v) is 4.00. The highest BCUT2D eigenvalue weighted by Gasteiger charge is 2.24. The number of hydrogen-bond acceptors (Lipinski definition) is 4. The third kappa shape index (κ3) is 3.70. The maximum atomic E-state index is 13.0. The number of hydrazone groups is 1. The number of carbonyl (C=O) groups excluding carboxylic acids is 1. The van der Waals surface area contributed by atoms with Crippen molar-refractivity contribution in [2.75, 3.05) is 0 Å². The Morgan fingerprint density at radius 1 is 1.00 bits per heavy atom. The number of para-hydroxylation sites is 1. The summed E-state index contributed by atoms with van der Waals surface area (Å²) in [6.45, 7) is 4.29. The summed E-state index contributed by atoms with van der Waals surface area (Å²) in [5.41, 5.74) is 4.24. The summed E-state index contributed by atoms with van der Waals surface area (Å²) in [5, 5.41) is 9.81. The zero-order chi connectivity index (χ0) is 20.4. The van der Waals surface area contributed by atoms with E-state index >= 15 is 0 Å². The van der Waals surface area contributed by atoms with Crippen LogP contribution in [0.5, 0.6) is 0 Å². The van der Waals surface area contributed by atoms with Gasteiger partial charge in [-0.3, -0.25) is 9.59 Å². The number of nitrogens with one attached hydrogen (secondary N) is 1. The Labute approximate surface area is 169 Å². The molecule has 2 aromatic carbocycles. The Kier molecular flexibility index (Phi) is 5.25. The predicted molar refractivity (Wildman–Crippen MR) is 114 cm³/mol. The minimum atomic E-state index is -0.414. The van der Waals surface area contributed by atoms with Gasteiger partial charge in [-0.05, 0) is 42.9 Å². The highest BCUT2D eigenvalue weighted by Crippen LogP contribution is 2.26. The molecule has 148 valence electrons. The molecule has 1 N–H and O–H groups in total. The summed E-state index contributed by atoms with van der Waals surface area (Å²) in [6, 6.07) is 16.1. The molecule has 0 aliphatic heterocycles. The van der Waals surface area contributed by atoms with Crippen molar-refractivity contribution in [3.63, 3.8) is 0 Å². The summed E-state index contributed by atoms with van der Waals surface area (Å²) in [5.74, 6) is 0.285. The van der Waals surface area contributed by atoms with E-state index < -0.39 is 5.91 Å². The second-order valence-corrected chi connectivity index (χ2v) is 7.66. The minimum Gasteiger partial charge on any atom is -0.267 e. The third-order valence-corrected chi connectivity index (χ3v) is 5.59. The van der Waals surface area contributed by atoms with Crippen LogP contribution in [0.25, 0.3) is 16.5 Å². The number of carbonyl (C=O) groups is 1. The van der Waals surface area contributed by atoms with Crippen LogP contribution >= 0.6 is 0 Å². The maximum absolute atomic E-state index is 13.0. The van der Waals surface area contributed by atoms with Crippen LogP contribution in [0.15, 0.2) is 64.5 Å². The molecule has 0 spiro atoms. The molecule has 1 fully saturated rings. The number of rotatable bonds is 3. The van der Waals surface area contributed by atoms with Crippen LogP contribution in [0.2, 0.25) is 0 Å². The van der Waals surface area contributed by atoms with Crippen LogP contribution in [0.4, 0.5) is 0 Å². The second-order valence-electron chi connectivity index (χ2n) is 7.66. The molecule has 0 radical (unpaired) electrons. The Morgan fingerprint density at radius 2 is 1.62 bits per heavy atom. The van der Waals surface area contributed by atoms with Gasteiger partial charge in [0.15, 0.2) is 5.69 Å². The highest BCUT2D eigenvalue weighted by atomic mass is 16.2. The molecule has 29 heavy (non-hydrogen) atoms. The molecule has 0 bridgehead atoms. The van der Waals surface area contributed by atoms with E-state index in [-0.39, 0.29) is 11.3 Å². The quantitative estimate of drug-likeness (QED) is 0.691. The summed E-state index contributed by atoms with van der Waals surface area (Å²) in [4.78, 5) is 25.9. The van der Waals surface area contributed by atoms with Crippen molar-refractivity contribution in [3.05, 3.63) is 70.6 Å². The predicted octanol–water partition coefficient (Wildman–Crippen LogP) is 3.93. The average Bonchev–Trinajstić information content (AvgIpc) is 2.74. The number of amides is 1. The molecule has 1 heterocycles. The first-order valence-corrected chi connectivity index (χ1v) is 10.0. The van der Waals surface area contributed by atoms with Gasteiger partial charge in [0.1, 0.15) is 0 Å². The second kappa shape index (κ2) is 7.99. The van der Waals surface area contributed by atoms with Crippen molar-refractivity contribution >= 4 is 22.4 Å². The molecule has 0 unspecified atom stereocenters. The molecule has 6 nitrogen and oxygen atoms in total. The third-order valence-electron chi connectivity index (χ3n) is 5.59. The molecule has 2 atom stereocenters. The van der Waals surface area contributed by atoms with Gasteiger partial charge in [-0.15, -0.1) is 0 Å². The van der Waals surface area contributed by atoms with Gasteiger partial charge in [-0.2, -0.15) is 14.9 Å². The van der Waals surface area contributed by atoms with E-state index in [1.165, 1.54) is 11.1 Å². The van der Waals surface area contributed by atoms with E-state index in [0.29, 0.717) is 28.3 Å². The van der Waals surface area contributed by atoms with Gasteiger partial charge < -0.3 is 0 Å². The van der Waals surface area contributed by atoms with Crippen LogP contribution in [0.1, 0.15) is 43.6 Å². The molecule has 0 saturated heterocycles. The molecule has 4 rings (SSSR count). The van der Waals surface area contributed by atoms with Gasteiger partial charge in [0.05, 0.1) is 11.1 Å². The Bertz CT molecular complexity index is 1120. The fourth-order valence-electron chi connectivity index (χ4n) is 4.00. The van der Waals surface area contributed by atoms with Crippen molar-refractivity contribution < 1.29 is 4.79 Å². The first-order chi connectivity index (χ1) is 14.1. The normalized spacial score (nSPS) is 19.2. The summed E-state index contributed by atoms with van der Waals surface area (Å²) in [6.07, 6.45) is 3.35. The summed E-state index contributed by atoms with van der Waals surface area (Å²) in [7, 11) is 0. The SMILES string of the molecule is C[C@H]1CCC[C@H](C)C1=NNC(=O)c1nn(-c2ccccc2)c(=O)c2ccccc12. The Morgan fingerprint density at radius 3 is 2.31 bits per heavy atom. The van der Waals surface area contributed by atoms with Crippen LogP contribution in [-0.2, 0) is 0 Å². The van der Waals surface area contributed by atoms with Gasteiger partial charge in [-0.1, -0.05) is 56.7 Å². The molecule has 1 aromatic heterocycles. The van der Waals surface area contributed by atoms with Crippen molar-refractivity contribution in [1.82, 2.24) is 15.2 Å². The standard InChI is InChI=1S/C23H24N4O2/c1-15-9-8-10-16(2)20(15)24-25-22(28)21-18-13-6-7-14-19(18)23(29)27(26-21)17-11-4-3-5-12-17/h3-7,11-16H,8-10H2,1-2H3,(H,25,28)/t15-,16-/m0/s1. The lowest BCUT2D eigenvalue weighted by molar-refractivity contribution is 0.0949. The van der Waals surface area contributed by atoms with Gasteiger partial charge in [0.25, 0.3) is 11.5 Å². The van der Waals surface area contributed by atoms with Crippen LogP contribution in [0, 0.1) is 11.8 Å². The van der Waals surface area contributed by atoms with Crippen LogP contribution in [0.3, 0.4) is 0 Å². The van der Waals surface area contributed by atoms with E-state index in [0.717, 1.165) is 18.6 Å². The van der Waals surface area contributed by atoms with E-state index in [9.17, 15) is 9.59 Å². The summed E-state index contributed by atoms with van der Waals surface area (Å²) >= 11 is 0. The number of aromatic nitrogens is 2. The van der Waals surface area contributed by atoms with Gasteiger partial charge >= 0.3 is 0 Å². The lowest BCUT2D eigenvalue weighted by Crippen LogP contribution is -2.31. The van der Waals surface area contributed by atoms with Crippen molar-refractivity contribution in [2.45, 2.75) is 33.1 Å². The van der Waals surface area contributed by atoms with Gasteiger partial charge in [0.2, 0.25) is 0 Å². The van der Waals surface area contributed by atoms with E-state index in [4.69, 9.17) is 0 Å². The summed E-state index contributed by atoms with van der Waals surface area (Å²) < 4.78 is 1.27. The molecule has 1 saturated carbocycles. The largest absolute Gasteiger partial charge is 0.292 e. The van der Waals surface area contributed by atoms with Crippen molar-refractivity contribution in [2.24, 2.45) is 16.9 Å². The number of benzene rings is 2. The van der Waals surface area contributed by atoms with Gasteiger partial charge in [0, 0.05) is 11.1 Å². The lowest BCUT2D eigenvalue weighted by atomic mass is 9.81. The fraction of sp³-hybridized carbons (Fsp3) is 0.304. The smallest absolute Gasteiger partial charge is 0.267 e. The Balaban J connectivity index is 1.78. The van der Waals surface area contributed by atoms with E-state index in [1.807, 2.05) is 18.2 Å². The molecule has 1 amide bonds. The van der Waals surface area contributed by atoms with E-state index in [2.05, 4.69) is 29.5 Å². The highest BCUT2D eigenvalue weighted by molar-refractivity contribution is 6.05. The van der Waals surface area contributed by atoms with Crippen molar-refractivity contribution in [1.29, 1.82) is 0 Å². The molecular weight excluding hydrogens is 364 g/mol. The maximum Gasteiger partial charge on any atom is 0.292 e. The average molecular weight is 388 g/mol. The van der Waals surface area contributed by atoms with Crippen molar-refractivity contribution in [3.8, 4) is 5.69 Å². The zero-order valence-electron chi connectivity index (χ0n) is 16.6.